The Morgan fingerprint density at radius 1 is 1.41 bits per heavy atom. The van der Waals surface area contributed by atoms with E-state index < -0.39 is 8.07 Å². The minimum absolute atomic E-state index is 0.129. The van der Waals surface area contributed by atoms with E-state index in [0.29, 0.717) is 29.7 Å². The van der Waals surface area contributed by atoms with Crippen LogP contribution in [0.15, 0.2) is 24.9 Å². The smallest absolute Gasteiger partial charge is 0.155 e. The van der Waals surface area contributed by atoms with Crippen LogP contribution in [0.4, 0.5) is 0 Å². The molecule has 7 heteroatoms. The first-order valence-corrected chi connectivity index (χ1v) is 10.8. The van der Waals surface area contributed by atoms with E-state index in [-0.39, 0.29) is 5.57 Å². The third-order valence-electron chi connectivity index (χ3n) is 3.32. The lowest BCUT2D eigenvalue weighted by Gasteiger charge is -2.15. The lowest BCUT2D eigenvalue weighted by atomic mass is 10.1. The molecule has 22 heavy (non-hydrogen) atoms. The van der Waals surface area contributed by atoms with E-state index in [4.69, 9.17) is 9.84 Å². The Morgan fingerprint density at radius 3 is 2.82 bits per heavy atom. The van der Waals surface area contributed by atoms with Crippen molar-refractivity contribution in [2.75, 3.05) is 6.61 Å². The number of aldehydes is 1. The molecule has 118 valence electrons. The number of hydrogen-bond donors (Lipinski definition) is 1. The molecule has 1 N–H and O–H groups in total. The molecule has 6 nitrogen and oxygen atoms in total. The van der Waals surface area contributed by atoms with Gasteiger partial charge in [0.1, 0.15) is 18.7 Å². The lowest BCUT2D eigenvalue weighted by Crippen LogP contribution is -2.22. The van der Waals surface area contributed by atoms with Gasteiger partial charge in [0.05, 0.1) is 17.5 Å². The monoisotopic (exact) mass is 319 g/mol. The van der Waals surface area contributed by atoms with Crippen molar-refractivity contribution < 1.29 is 14.6 Å². The summed E-state index contributed by atoms with van der Waals surface area (Å²) in [4.78, 5) is 19.3. The van der Waals surface area contributed by atoms with E-state index in [0.717, 1.165) is 18.9 Å². The first kappa shape index (κ1) is 16.4. The molecule has 0 amide bonds. The Hall–Kier alpha value is -1.99. The number of fused-ring (bicyclic) bond motifs is 1. The number of carbonyl (C=O) groups excluding carboxylic acids is 1. The van der Waals surface area contributed by atoms with Crippen LogP contribution in [-0.2, 0) is 16.3 Å². The molecule has 0 fully saturated rings. The van der Waals surface area contributed by atoms with Gasteiger partial charge in [-0.15, -0.1) is 0 Å². The van der Waals surface area contributed by atoms with Crippen molar-refractivity contribution >= 4 is 31.0 Å². The number of aliphatic hydroxyl groups excluding tert-OH is 1. The van der Waals surface area contributed by atoms with E-state index in [1.165, 1.54) is 6.33 Å². The van der Waals surface area contributed by atoms with Gasteiger partial charge in [-0.05, 0) is 12.1 Å². The predicted molar refractivity (Wildman–Crippen MR) is 88.3 cm³/mol. The molecule has 0 spiro atoms. The first-order chi connectivity index (χ1) is 10.5. The minimum Gasteiger partial charge on any atom is -0.515 e. The highest BCUT2D eigenvalue weighted by Crippen LogP contribution is 2.21. The van der Waals surface area contributed by atoms with Gasteiger partial charge < -0.3 is 14.4 Å². The highest BCUT2D eigenvalue weighted by molar-refractivity contribution is 6.76. The minimum atomic E-state index is -1.10. The standard InChI is InChI=1S/C15H21N3O3Si/c1-22(2,3)7-6-21-11-18-5-4-13-14(12(8-19)9-20)16-10-17-15(13)18/h4-5,8-10,19H,6-7,11H2,1-3H3/b12-8+. The van der Waals surface area contributed by atoms with Crippen molar-refractivity contribution in [3.63, 3.8) is 0 Å². The molecule has 2 aromatic heterocycles. The van der Waals surface area contributed by atoms with Crippen molar-refractivity contribution in [1.29, 1.82) is 0 Å². The molecule has 0 saturated heterocycles. The number of nitrogens with zero attached hydrogens (tertiary/aromatic N) is 3. The van der Waals surface area contributed by atoms with Crippen molar-refractivity contribution in [3.05, 3.63) is 30.5 Å². The van der Waals surface area contributed by atoms with Crippen LogP contribution in [0.1, 0.15) is 5.69 Å². The summed E-state index contributed by atoms with van der Waals surface area (Å²) in [6.07, 6.45) is 4.56. The normalized spacial score (nSPS) is 12.8. The summed E-state index contributed by atoms with van der Waals surface area (Å²) in [5, 5.41) is 9.83. The third-order valence-corrected chi connectivity index (χ3v) is 5.03. The number of rotatable bonds is 7. The van der Waals surface area contributed by atoms with E-state index in [1.54, 1.807) is 0 Å². The van der Waals surface area contributed by atoms with Crippen LogP contribution in [0.3, 0.4) is 0 Å². The van der Waals surface area contributed by atoms with Crippen LogP contribution in [0.25, 0.3) is 16.6 Å². The number of aromatic nitrogens is 3. The molecule has 0 unspecified atom stereocenters. The van der Waals surface area contributed by atoms with Crippen LogP contribution >= 0.6 is 0 Å². The second kappa shape index (κ2) is 6.84. The Balaban J connectivity index is 2.16. The molecule has 2 rings (SSSR count). The van der Waals surface area contributed by atoms with E-state index in [2.05, 4.69) is 29.6 Å². The molecule has 0 aliphatic heterocycles. The van der Waals surface area contributed by atoms with E-state index in [9.17, 15) is 4.79 Å². The maximum absolute atomic E-state index is 11.0. The summed E-state index contributed by atoms with van der Waals surface area (Å²) in [5.41, 5.74) is 1.23. The van der Waals surface area contributed by atoms with Gasteiger partial charge in [0.25, 0.3) is 0 Å². The molecule has 2 aromatic rings. The zero-order valence-corrected chi connectivity index (χ0v) is 14.1. The van der Waals surface area contributed by atoms with Crippen LogP contribution in [0.2, 0.25) is 25.7 Å². The van der Waals surface area contributed by atoms with Gasteiger partial charge in [-0.3, -0.25) is 4.79 Å². The molecule has 2 heterocycles. The van der Waals surface area contributed by atoms with Gasteiger partial charge in [-0.1, -0.05) is 19.6 Å². The number of carbonyl (C=O) groups is 1. The van der Waals surface area contributed by atoms with Crippen LogP contribution in [0.5, 0.6) is 0 Å². The van der Waals surface area contributed by atoms with Crippen LogP contribution in [-0.4, -0.2) is 40.6 Å². The quantitative estimate of drug-likeness (QED) is 0.279. The fourth-order valence-electron chi connectivity index (χ4n) is 2.03. The van der Waals surface area contributed by atoms with Gasteiger partial charge in [0, 0.05) is 26.3 Å². The lowest BCUT2D eigenvalue weighted by molar-refractivity contribution is -0.103. The Labute approximate surface area is 130 Å². The summed E-state index contributed by atoms with van der Waals surface area (Å²) >= 11 is 0. The first-order valence-electron chi connectivity index (χ1n) is 7.14. The van der Waals surface area contributed by atoms with Crippen LogP contribution < -0.4 is 0 Å². The zero-order valence-electron chi connectivity index (χ0n) is 13.1. The Bertz CT molecular complexity index is 689. The molecular weight excluding hydrogens is 298 g/mol. The van der Waals surface area contributed by atoms with Crippen molar-refractivity contribution in [2.45, 2.75) is 32.4 Å². The summed E-state index contributed by atoms with van der Waals surface area (Å²) < 4.78 is 7.58. The average Bonchev–Trinajstić information content (AvgIpc) is 2.88. The molecular formula is C15H21N3O3Si. The maximum Gasteiger partial charge on any atom is 0.155 e. The fourth-order valence-corrected chi connectivity index (χ4v) is 2.78. The second-order valence-corrected chi connectivity index (χ2v) is 11.9. The molecule has 0 saturated carbocycles. The zero-order chi connectivity index (χ0) is 16.2. The number of hydrogen-bond acceptors (Lipinski definition) is 5. The molecule has 0 bridgehead atoms. The van der Waals surface area contributed by atoms with Gasteiger partial charge in [-0.25, -0.2) is 9.97 Å². The van der Waals surface area contributed by atoms with E-state index >= 15 is 0 Å². The highest BCUT2D eigenvalue weighted by atomic mass is 28.3. The topological polar surface area (TPSA) is 77.2 Å². The summed E-state index contributed by atoms with van der Waals surface area (Å²) in [7, 11) is -1.10. The summed E-state index contributed by atoms with van der Waals surface area (Å²) in [6.45, 7) is 8.06. The largest absolute Gasteiger partial charge is 0.515 e. The Morgan fingerprint density at radius 2 is 2.18 bits per heavy atom. The van der Waals surface area contributed by atoms with Gasteiger partial charge in [0.15, 0.2) is 6.29 Å². The van der Waals surface area contributed by atoms with E-state index in [1.807, 2.05) is 16.8 Å². The van der Waals surface area contributed by atoms with Crippen molar-refractivity contribution in [1.82, 2.24) is 14.5 Å². The second-order valence-electron chi connectivity index (χ2n) is 6.30. The molecule has 0 aliphatic rings. The predicted octanol–water partition coefficient (Wildman–Crippen LogP) is 2.84. The molecule has 0 aliphatic carbocycles. The van der Waals surface area contributed by atoms with Crippen molar-refractivity contribution in [2.24, 2.45) is 0 Å². The SMILES string of the molecule is C[Si](C)(C)CCOCn1ccc2c(/C(C=O)=C/O)ncnc21. The number of aliphatic hydroxyl groups is 1. The maximum atomic E-state index is 11.0. The molecule has 0 atom stereocenters. The van der Waals surface area contributed by atoms with Crippen molar-refractivity contribution in [3.8, 4) is 0 Å². The average molecular weight is 319 g/mol. The Kier molecular flexibility index (Phi) is 5.10. The summed E-state index contributed by atoms with van der Waals surface area (Å²) in [5.74, 6) is 0. The number of allylic oxidation sites excluding steroid dienone is 1. The summed E-state index contributed by atoms with van der Waals surface area (Å²) in [6, 6.07) is 2.93. The van der Waals surface area contributed by atoms with Crippen LogP contribution in [0, 0.1) is 0 Å². The van der Waals surface area contributed by atoms with Gasteiger partial charge in [-0.2, -0.15) is 0 Å². The molecule has 0 aromatic carbocycles. The highest BCUT2D eigenvalue weighted by Gasteiger charge is 2.14. The third kappa shape index (κ3) is 3.80. The number of ether oxygens (including phenoxy) is 1. The fraction of sp³-hybridized carbons (Fsp3) is 0.400. The van der Waals surface area contributed by atoms with Gasteiger partial charge in [0.2, 0.25) is 0 Å². The van der Waals surface area contributed by atoms with Gasteiger partial charge >= 0.3 is 0 Å². The molecule has 0 radical (unpaired) electrons.